The first kappa shape index (κ1) is 27.0. The van der Waals surface area contributed by atoms with Crippen molar-refractivity contribution in [3.05, 3.63) is 59.7 Å². The number of rotatable bonds is 7. The molecule has 5 heteroatoms. The molecule has 1 aromatic rings. The summed E-state index contributed by atoms with van der Waals surface area (Å²) in [5.41, 5.74) is 0.270. The van der Waals surface area contributed by atoms with Crippen LogP contribution in [0.2, 0.25) is 0 Å². The summed E-state index contributed by atoms with van der Waals surface area (Å²) in [6.45, 7) is 12.2. The van der Waals surface area contributed by atoms with E-state index in [9.17, 15) is 14.0 Å². The van der Waals surface area contributed by atoms with Crippen molar-refractivity contribution in [1.29, 1.82) is 5.41 Å². The Kier molecular flexibility index (Phi) is 10.8. The molecular weight excluding hydrogens is 403 g/mol. The van der Waals surface area contributed by atoms with E-state index in [0.717, 1.165) is 32.1 Å². The van der Waals surface area contributed by atoms with Crippen LogP contribution in [0.3, 0.4) is 0 Å². The molecule has 32 heavy (non-hydrogen) atoms. The average Bonchev–Trinajstić information content (AvgIpc) is 2.83. The number of ketones is 1. The molecule has 0 radical (unpaired) electrons. The van der Waals surface area contributed by atoms with E-state index in [-0.39, 0.29) is 17.6 Å². The largest absolute Gasteiger partial charge is 0.339 e. The molecule has 172 valence electrons. The predicted molar refractivity (Wildman–Crippen MR) is 130 cm³/mol. The number of hydrogen-bond acceptors (Lipinski definition) is 3. The lowest BCUT2D eigenvalue weighted by Crippen LogP contribution is -2.37. The topological polar surface area (TPSA) is 61.2 Å². The minimum Gasteiger partial charge on any atom is -0.339 e. The predicted octanol–water partition coefficient (Wildman–Crippen LogP) is 5.74. The first-order valence-corrected chi connectivity index (χ1v) is 11.0. The number of nitrogens with one attached hydrogen (secondary N) is 1. The summed E-state index contributed by atoms with van der Waals surface area (Å²) in [6.07, 6.45) is 11.4. The lowest BCUT2D eigenvalue weighted by Gasteiger charge is -2.28. The van der Waals surface area contributed by atoms with Crippen LogP contribution < -0.4 is 0 Å². The zero-order chi connectivity index (χ0) is 24.3. The van der Waals surface area contributed by atoms with Crippen molar-refractivity contribution in [3.63, 3.8) is 0 Å². The van der Waals surface area contributed by atoms with Gasteiger partial charge in [-0.2, -0.15) is 0 Å². The molecule has 1 unspecified atom stereocenters. The number of carbonyl (C=O) groups is 2. The molecule has 0 saturated carbocycles. The van der Waals surface area contributed by atoms with E-state index < -0.39 is 5.67 Å². The number of terminal acetylenes is 1. The first-order valence-electron chi connectivity index (χ1n) is 11.0. The number of benzene rings is 1. The van der Waals surface area contributed by atoms with Crippen molar-refractivity contribution in [1.82, 2.24) is 4.90 Å². The number of halogens is 1. The number of alkyl halides is 1. The highest BCUT2D eigenvalue weighted by atomic mass is 19.1. The van der Waals surface area contributed by atoms with E-state index in [2.05, 4.69) is 12.5 Å². The molecule has 1 fully saturated rings. The summed E-state index contributed by atoms with van der Waals surface area (Å²) in [5.74, 6) is 2.85. The van der Waals surface area contributed by atoms with Gasteiger partial charge >= 0.3 is 0 Å². The lowest BCUT2D eigenvalue weighted by atomic mass is 9.82. The van der Waals surface area contributed by atoms with E-state index in [1.807, 2.05) is 20.8 Å². The maximum absolute atomic E-state index is 14.9. The van der Waals surface area contributed by atoms with Crippen LogP contribution in [0.1, 0.15) is 62.9 Å². The highest BCUT2D eigenvalue weighted by Crippen LogP contribution is 2.37. The second-order valence-corrected chi connectivity index (χ2v) is 8.26. The quantitative estimate of drug-likeness (QED) is 0.255. The number of piperidine rings is 1. The molecule has 2 rings (SSSR count). The van der Waals surface area contributed by atoms with E-state index in [1.165, 1.54) is 12.2 Å². The summed E-state index contributed by atoms with van der Waals surface area (Å²) in [4.78, 5) is 24.9. The molecule has 1 aromatic carbocycles. The van der Waals surface area contributed by atoms with Gasteiger partial charge in [-0.1, -0.05) is 51.6 Å². The van der Waals surface area contributed by atoms with E-state index in [0.29, 0.717) is 29.0 Å². The van der Waals surface area contributed by atoms with Gasteiger partial charge in [0.2, 0.25) is 5.91 Å². The van der Waals surface area contributed by atoms with E-state index in [1.54, 1.807) is 36.1 Å². The number of carbonyl (C=O) groups excluding carboxylic acids is 2. The number of amides is 1. The van der Waals surface area contributed by atoms with Gasteiger partial charge in [0, 0.05) is 30.8 Å². The first-order chi connectivity index (χ1) is 15.1. The van der Waals surface area contributed by atoms with Gasteiger partial charge in [-0.25, -0.2) is 4.39 Å². The Hall–Kier alpha value is -3.00. The zero-order valence-electron chi connectivity index (χ0n) is 19.7. The Morgan fingerprint density at radius 3 is 2.28 bits per heavy atom. The Labute approximate surface area is 192 Å². The fourth-order valence-electron chi connectivity index (χ4n) is 3.67. The van der Waals surface area contributed by atoms with Crippen LogP contribution >= 0.6 is 0 Å². The minimum atomic E-state index is -1.36. The van der Waals surface area contributed by atoms with Gasteiger partial charge in [0.05, 0.1) is 0 Å². The number of hydrogen-bond donors (Lipinski definition) is 1. The summed E-state index contributed by atoms with van der Waals surface area (Å²) in [5, 5.41) is 6.97. The van der Waals surface area contributed by atoms with Crippen LogP contribution in [0.5, 0.6) is 0 Å². The average molecular weight is 439 g/mol. The van der Waals surface area contributed by atoms with Crippen LogP contribution in [0.15, 0.2) is 48.6 Å². The fraction of sp³-hybridized carbons (Fsp3) is 0.444. The van der Waals surface area contributed by atoms with Crippen LogP contribution in [0, 0.1) is 29.6 Å². The Morgan fingerprint density at radius 2 is 1.88 bits per heavy atom. The highest BCUT2D eigenvalue weighted by molar-refractivity contribution is 6.09. The molecule has 0 aliphatic carbocycles. The number of Topliss-reactive ketones (excluding diaryl/α,β-unsaturated/α-hetero) is 1. The SMILES string of the molecule is C#CC1CCN(C(=O)C=C)CC1.CCC(F)(c1ccc(C(=O)/C(C)=C/C=N)cc1)C(C)C. The van der Waals surface area contributed by atoms with Gasteiger partial charge in [0.1, 0.15) is 5.67 Å². The molecule has 1 aliphatic heterocycles. The smallest absolute Gasteiger partial charge is 0.245 e. The van der Waals surface area contributed by atoms with Crippen molar-refractivity contribution in [2.24, 2.45) is 11.8 Å². The molecule has 0 aromatic heterocycles. The molecule has 1 amide bonds. The van der Waals surface area contributed by atoms with E-state index >= 15 is 0 Å². The Morgan fingerprint density at radius 1 is 1.31 bits per heavy atom. The molecule has 1 aliphatic rings. The fourth-order valence-corrected chi connectivity index (χ4v) is 3.67. The van der Waals surface area contributed by atoms with Gasteiger partial charge < -0.3 is 10.3 Å². The molecule has 1 N–H and O–H groups in total. The van der Waals surface area contributed by atoms with Crippen LogP contribution in [0.25, 0.3) is 0 Å². The summed E-state index contributed by atoms with van der Waals surface area (Å²) >= 11 is 0. The molecule has 0 spiro atoms. The summed E-state index contributed by atoms with van der Waals surface area (Å²) < 4.78 is 14.9. The standard InChI is InChI=1S/C17H22FNO.C10H13NO/c1-5-17(18,12(2)3)15-8-6-14(7-9-15)16(20)13(4)10-11-19;1-3-9-5-7-11(8-6-9)10(12)4-2/h6-12,19H,5H2,1-4H3;1,4,9H,2,5-8H2/b13-10+,19-11?;. The lowest BCUT2D eigenvalue weighted by molar-refractivity contribution is -0.127. The van der Waals surface area contributed by atoms with Gasteiger partial charge in [0.15, 0.2) is 5.78 Å². The van der Waals surface area contributed by atoms with Gasteiger partial charge in [-0.15, -0.1) is 12.3 Å². The summed E-state index contributed by atoms with van der Waals surface area (Å²) in [7, 11) is 0. The van der Waals surface area contributed by atoms with Gasteiger partial charge in [0.25, 0.3) is 0 Å². The molecule has 4 nitrogen and oxygen atoms in total. The minimum absolute atomic E-state index is 0.0190. The molecule has 1 heterocycles. The highest BCUT2D eigenvalue weighted by Gasteiger charge is 2.33. The number of likely N-dealkylation sites (tertiary alicyclic amines) is 1. The number of allylic oxidation sites excluding steroid dienone is 2. The van der Waals surface area contributed by atoms with Crippen LogP contribution in [-0.4, -0.2) is 35.9 Å². The van der Waals surface area contributed by atoms with Crippen LogP contribution in [0.4, 0.5) is 4.39 Å². The molecular formula is C27H35FN2O2. The monoisotopic (exact) mass is 438 g/mol. The third-order valence-corrected chi connectivity index (χ3v) is 5.97. The van der Waals surface area contributed by atoms with Crippen LogP contribution in [-0.2, 0) is 10.5 Å². The molecule has 1 atom stereocenters. The van der Waals surface area contributed by atoms with Crippen molar-refractivity contribution >= 4 is 17.9 Å². The second kappa shape index (κ2) is 12.8. The van der Waals surface area contributed by atoms with Gasteiger partial charge in [-0.05, 0) is 55.4 Å². The third-order valence-electron chi connectivity index (χ3n) is 5.97. The normalized spacial score (nSPS) is 16.3. The maximum Gasteiger partial charge on any atom is 0.245 e. The van der Waals surface area contributed by atoms with Crippen molar-refractivity contribution in [2.75, 3.05) is 13.1 Å². The summed E-state index contributed by atoms with van der Waals surface area (Å²) in [6, 6.07) is 6.69. The molecule has 0 bridgehead atoms. The van der Waals surface area contributed by atoms with Gasteiger partial charge in [-0.3, -0.25) is 9.59 Å². The molecule has 1 saturated heterocycles. The van der Waals surface area contributed by atoms with Crippen molar-refractivity contribution < 1.29 is 14.0 Å². The Balaban J connectivity index is 0.000000363. The zero-order valence-corrected chi connectivity index (χ0v) is 19.7. The van der Waals surface area contributed by atoms with Crippen molar-refractivity contribution in [3.8, 4) is 12.3 Å². The van der Waals surface area contributed by atoms with Crippen molar-refractivity contribution in [2.45, 2.75) is 52.6 Å². The van der Waals surface area contributed by atoms with E-state index in [4.69, 9.17) is 11.8 Å². The second-order valence-electron chi connectivity index (χ2n) is 8.26. The Bertz CT molecular complexity index is 872. The number of nitrogens with zero attached hydrogens (tertiary/aromatic N) is 1. The third kappa shape index (κ3) is 7.02. The maximum atomic E-state index is 14.9.